The van der Waals surface area contributed by atoms with E-state index in [1.54, 1.807) is 18.8 Å². The molecule has 27 heavy (non-hydrogen) atoms. The number of nitrogens with zero attached hydrogens (tertiary/aromatic N) is 3. The summed E-state index contributed by atoms with van der Waals surface area (Å²) in [5.74, 6) is 1.39. The Morgan fingerprint density at radius 3 is 2.93 bits per heavy atom. The highest BCUT2D eigenvalue weighted by atomic mass is 16.5. The van der Waals surface area contributed by atoms with Crippen LogP contribution >= 0.6 is 0 Å². The number of para-hydroxylation sites is 1. The molecule has 8 heteroatoms. The Bertz CT molecular complexity index is 956. The topological polar surface area (TPSA) is 94.2 Å². The van der Waals surface area contributed by atoms with Gasteiger partial charge in [-0.05, 0) is 32.0 Å². The first kappa shape index (κ1) is 17.7. The quantitative estimate of drug-likeness (QED) is 0.717. The Labute approximate surface area is 156 Å². The normalized spacial score (nSPS) is 15.3. The Morgan fingerprint density at radius 2 is 2.15 bits per heavy atom. The third-order valence-electron chi connectivity index (χ3n) is 4.90. The van der Waals surface area contributed by atoms with Crippen LogP contribution in [-0.2, 0) is 18.4 Å². The fourth-order valence-corrected chi connectivity index (χ4v) is 3.49. The molecule has 8 nitrogen and oxygen atoms in total. The highest BCUT2D eigenvalue weighted by molar-refractivity contribution is 6.05. The first-order valence-corrected chi connectivity index (χ1v) is 9.09. The average Bonchev–Trinajstić information content (AvgIpc) is 3.24. The molecule has 0 spiro atoms. The molecule has 1 saturated heterocycles. The van der Waals surface area contributed by atoms with Gasteiger partial charge in [0.25, 0.3) is 5.91 Å². The Hall–Kier alpha value is -2.71. The van der Waals surface area contributed by atoms with Gasteiger partial charge in [0.15, 0.2) is 11.6 Å². The number of anilines is 1. The predicted molar refractivity (Wildman–Crippen MR) is 101 cm³/mol. The van der Waals surface area contributed by atoms with E-state index in [1.165, 1.54) is 0 Å². The Morgan fingerprint density at radius 1 is 1.37 bits per heavy atom. The van der Waals surface area contributed by atoms with Crippen molar-refractivity contribution >= 4 is 22.8 Å². The molecule has 0 radical (unpaired) electrons. The number of benzene rings is 1. The van der Waals surface area contributed by atoms with Crippen molar-refractivity contribution in [3.63, 3.8) is 0 Å². The van der Waals surface area contributed by atoms with Crippen LogP contribution in [0.1, 0.15) is 40.7 Å². The van der Waals surface area contributed by atoms with Crippen LogP contribution in [0.15, 0.2) is 28.7 Å². The average molecular weight is 369 g/mol. The Balaban J connectivity index is 1.60. The lowest BCUT2D eigenvalue weighted by atomic mass is 9.98. The van der Waals surface area contributed by atoms with Gasteiger partial charge in [0.05, 0.1) is 6.61 Å². The minimum Gasteiger partial charge on any atom is -0.451 e. The maximum Gasteiger partial charge on any atom is 0.294 e. The minimum atomic E-state index is -0.356. The third-order valence-corrected chi connectivity index (χ3v) is 4.90. The molecule has 0 unspecified atom stereocenters. The van der Waals surface area contributed by atoms with E-state index in [4.69, 9.17) is 9.15 Å². The van der Waals surface area contributed by atoms with Crippen molar-refractivity contribution in [2.24, 2.45) is 7.05 Å². The van der Waals surface area contributed by atoms with Crippen LogP contribution in [0.5, 0.6) is 0 Å². The van der Waals surface area contributed by atoms with Gasteiger partial charge in [0.2, 0.25) is 5.95 Å². The summed E-state index contributed by atoms with van der Waals surface area (Å²) in [6.45, 7) is 2.22. The summed E-state index contributed by atoms with van der Waals surface area (Å²) in [6, 6.07) is 7.54. The number of piperidine rings is 1. The number of methoxy groups -OCH3 is 1. The first-order valence-electron chi connectivity index (χ1n) is 9.09. The Kier molecular flexibility index (Phi) is 4.91. The lowest BCUT2D eigenvalue weighted by Gasteiger charge is -2.19. The highest BCUT2D eigenvalue weighted by Crippen LogP contribution is 2.28. The first-order chi connectivity index (χ1) is 13.2. The van der Waals surface area contributed by atoms with Crippen LogP contribution in [-0.4, -0.2) is 40.9 Å². The summed E-state index contributed by atoms with van der Waals surface area (Å²) in [6.07, 6.45) is 2.00. The zero-order chi connectivity index (χ0) is 18.8. The lowest BCUT2D eigenvalue weighted by molar-refractivity contribution is 0.0990. The second kappa shape index (κ2) is 7.50. The molecular formula is C19H23N5O3. The number of aryl methyl sites for hydroxylation is 1. The molecule has 0 atom stereocenters. The van der Waals surface area contributed by atoms with E-state index in [0.717, 1.165) is 42.7 Å². The van der Waals surface area contributed by atoms with E-state index >= 15 is 0 Å². The molecular weight excluding hydrogens is 346 g/mol. The number of fused-ring (bicyclic) bond motifs is 1. The number of carbonyl (C=O) groups is 1. The van der Waals surface area contributed by atoms with E-state index in [0.29, 0.717) is 24.1 Å². The molecule has 4 rings (SSSR count). The molecule has 142 valence electrons. The van der Waals surface area contributed by atoms with Gasteiger partial charge >= 0.3 is 0 Å². The summed E-state index contributed by atoms with van der Waals surface area (Å²) in [5, 5.41) is 11.5. The van der Waals surface area contributed by atoms with Crippen molar-refractivity contribution in [3.8, 4) is 0 Å². The molecule has 1 aliphatic rings. The third kappa shape index (κ3) is 3.45. The van der Waals surface area contributed by atoms with Crippen molar-refractivity contribution in [2.45, 2.75) is 25.4 Å². The predicted octanol–water partition coefficient (Wildman–Crippen LogP) is 2.43. The van der Waals surface area contributed by atoms with Crippen molar-refractivity contribution in [3.05, 3.63) is 41.4 Å². The summed E-state index contributed by atoms with van der Waals surface area (Å²) in [5.41, 5.74) is 1.38. The molecule has 3 aromatic rings. The molecule has 1 fully saturated rings. The maximum absolute atomic E-state index is 12.9. The standard InChI is InChI=1S/C19H23N5O3/c1-24-19(21-17(23-24)12-7-9-20-10-8-12)22-18(25)16-14(11-26-2)13-5-3-4-6-15(13)27-16/h3-6,12,20H,7-11H2,1-2H3,(H,21,22,23,25). The van der Waals surface area contributed by atoms with E-state index in [9.17, 15) is 4.79 Å². The zero-order valence-electron chi connectivity index (χ0n) is 15.5. The van der Waals surface area contributed by atoms with Crippen LogP contribution < -0.4 is 10.6 Å². The van der Waals surface area contributed by atoms with Crippen LogP contribution in [0.25, 0.3) is 11.0 Å². The molecule has 3 heterocycles. The molecule has 0 saturated carbocycles. The number of aromatic nitrogens is 3. The van der Waals surface area contributed by atoms with Gasteiger partial charge in [0, 0.05) is 31.0 Å². The fraction of sp³-hybridized carbons (Fsp3) is 0.421. The molecule has 0 bridgehead atoms. The highest BCUT2D eigenvalue weighted by Gasteiger charge is 2.24. The second-order valence-corrected chi connectivity index (χ2v) is 6.73. The van der Waals surface area contributed by atoms with E-state index in [1.807, 2.05) is 24.3 Å². The number of rotatable bonds is 5. The maximum atomic E-state index is 12.9. The largest absolute Gasteiger partial charge is 0.451 e. The monoisotopic (exact) mass is 369 g/mol. The zero-order valence-corrected chi connectivity index (χ0v) is 15.5. The van der Waals surface area contributed by atoms with Gasteiger partial charge in [-0.15, -0.1) is 0 Å². The summed E-state index contributed by atoms with van der Waals surface area (Å²) in [7, 11) is 3.37. The number of hydrogen-bond acceptors (Lipinski definition) is 6. The summed E-state index contributed by atoms with van der Waals surface area (Å²) < 4.78 is 12.7. The minimum absolute atomic E-state index is 0.240. The van der Waals surface area contributed by atoms with Crippen molar-refractivity contribution in [1.29, 1.82) is 0 Å². The van der Waals surface area contributed by atoms with Gasteiger partial charge in [0.1, 0.15) is 5.58 Å². The number of ether oxygens (including phenoxy) is 1. The number of nitrogens with one attached hydrogen (secondary N) is 2. The SMILES string of the molecule is COCc1c(C(=O)Nc2nc(C3CCNCC3)nn2C)oc2ccccc12. The second-order valence-electron chi connectivity index (χ2n) is 6.73. The molecule has 1 aliphatic heterocycles. The van der Waals surface area contributed by atoms with E-state index in [2.05, 4.69) is 20.7 Å². The van der Waals surface area contributed by atoms with Gasteiger partial charge < -0.3 is 14.5 Å². The lowest BCUT2D eigenvalue weighted by Crippen LogP contribution is -2.27. The van der Waals surface area contributed by atoms with Crippen molar-refractivity contribution < 1.29 is 13.9 Å². The van der Waals surface area contributed by atoms with Crippen LogP contribution in [0, 0.1) is 0 Å². The molecule has 0 aliphatic carbocycles. The van der Waals surface area contributed by atoms with Crippen molar-refractivity contribution in [2.75, 3.05) is 25.5 Å². The number of hydrogen-bond donors (Lipinski definition) is 2. The van der Waals surface area contributed by atoms with Gasteiger partial charge in [-0.2, -0.15) is 10.1 Å². The van der Waals surface area contributed by atoms with Crippen LogP contribution in [0.3, 0.4) is 0 Å². The molecule has 2 aromatic heterocycles. The summed E-state index contributed by atoms with van der Waals surface area (Å²) in [4.78, 5) is 17.4. The van der Waals surface area contributed by atoms with Crippen molar-refractivity contribution in [1.82, 2.24) is 20.1 Å². The molecule has 1 aromatic carbocycles. The number of furan rings is 1. The van der Waals surface area contributed by atoms with Crippen LogP contribution in [0.2, 0.25) is 0 Å². The van der Waals surface area contributed by atoms with Gasteiger partial charge in [-0.3, -0.25) is 10.1 Å². The number of carbonyl (C=O) groups excluding carboxylic acids is 1. The van der Waals surface area contributed by atoms with Gasteiger partial charge in [-0.25, -0.2) is 4.68 Å². The summed E-state index contributed by atoms with van der Waals surface area (Å²) >= 11 is 0. The fourth-order valence-electron chi connectivity index (χ4n) is 3.49. The van der Waals surface area contributed by atoms with Gasteiger partial charge in [-0.1, -0.05) is 18.2 Å². The molecule has 1 amide bonds. The van der Waals surface area contributed by atoms with E-state index in [-0.39, 0.29) is 11.7 Å². The van der Waals surface area contributed by atoms with E-state index < -0.39 is 0 Å². The number of amides is 1. The smallest absolute Gasteiger partial charge is 0.294 e. The molecule has 2 N–H and O–H groups in total. The van der Waals surface area contributed by atoms with Crippen LogP contribution in [0.4, 0.5) is 5.95 Å².